The van der Waals surface area contributed by atoms with Crippen LogP contribution in [-0.2, 0) is 18.1 Å². The summed E-state index contributed by atoms with van der Waals surface area (Å²) in [6.07, 6.45) is 2.04. The third kappa shape index (κ3) is 4.85. The Kier molecular flexibility index (Phi) is 5.92. The van der Waals surface area contributed by atoms with Gasteiger partial charge in [-0.15, -0.1) is 0 Å². The first-order chi connectivity index (χ1) is 11.7. The summed E-state index contributed by atoms with van der Waals surface area (Å²) in [4.78, 5) is 0. The monoisotopic (exact) mass is 374 g/mol. The molecule has 24 heavy (non-hydrogen) atoms. The summed E-state index contributed by atoms with van der Waals surface area (Å²) >= 11 is 0.198. The van der Waals surface area contributed by atoms with Gasteiger partial charge in [-0.05, 0) is 6.92 Å². The van der Waals surface area contributed by atoms with Crippen LogP contribution in [0.15, 0.2) is 72.8 Å². The fraction of sp³-hybridized carbons (Fsp3) is 0.217. The summed E-state index contributed by atoms with van der Waals surface area (Å²) in [6.45, 7) is 2.16. The van der Waals surface area contributed by atoms with Gasteiger partial charge >= 0.3 is 139 Å². The Balaban J connectivity index is 1.74. The molecule has 0 heterocycles. The maximum atomic E-state index is 2.39. The number of hydrogen-bond acceptors (Lipinski definition) is 0. The van der Waals surface area contributed by atoms with Gasteiger partial charge in [-0.1, -0.05) is 6.07 Å². The van der Waals surface area contributed by atoms with Crippen molar-refractivity contribution < 1.29 is 0 Å². The molecule has 0 fully saturated rings. The molecule has 120 valence electrons. The van der Waals surface area contributed by atoms with Crippen LogP contribution in [0.25, 0.3) is 0 Å². The molecule has 0 N–H and O–H groups in total. The molecule has 2 radical (unpaired) electrons. The fourth-order valence-corrected chi connectivity index (χ4v) is 4.51. The molecule has 0 aromatic heterocycles. The van der Waals surface area contributed by atoms with Gasteiger partial charge in [0.1, 0.15) is 0 Å². The Morgan fingerprint density at radius 1 is 0.625 bits per heavy atom. The summed E-state index contributed by atoms with van der Waals surface area (Å²) in [6, 6.07) is 27.0. The van der Waals surface area contributed by atoms with Crippen molar-refractivity contribution in [1.82, 2.24) is 0 Å². The van der Waals surface area contributed by atoms with Crippen molar-refractivity contribution in [3.63, 3.8) is 0 Å². The van der Waals surface area contributed by atoms with Crippen LogP contribution in [0.2, 0.25) is 5.76 Å². The van der Waals surface area contributed by atoms with Gasteiger partial charge in [-0.25, -0.2) is 0 Å². The zero-order chi connectivity index (χ0) is 16.8. The number of hydrogen-bond donors (Lipinski definition) is 0. The Bertz CT molecular complexity index is 804. The minimum absolute atomic E-state index is 0.198. The second-order valence-electron chi connectivity index (χ2n) is 6.51. The van der Waals surface area contributed by atoms with Crippen molar-refractivity contribution >= 4 is 15.4 Å². The maximum absolute atomic E-state index is 2.39. The third-order valence-corrected chi connectivity index (χ3v) is 5.86. The van der Waals surface area contributed by atoms with Crippen LogP contribution in [-0.4, -0.2) is 15.4 Å². The van der Waals surface area contributed by atoms with Crippen LogP contribution >= 0.6 is 0 Å². The Labute approximate surface area is 152 Å². The average Bonchev–Trinajstić information content (AvgIpc) is 2.56. The van der Waals surface area contributed by atoms with Gasteiger partial charge in [-0.3, -0.25) is 0 Å². The first-order valence-corrected chi connectivity index (χ1v) is 12.2. The van der Waals surface area contributed by atoms with Crippen molar-refractivity contribution in [2.75, 3.05) is 0 Å². The molecule has 0 aliphatic heterocycles. The van der Waals surface area contributed by atoms with Gasteiger partial charge in [0, 0.05) is 0 Å². The van der Waals surface area contributed by atoms with E-state index in [0.717, 1.165) is 12.8 Å². The van der Waals surface area contributed by atoms with Gasteiger partial charge in [-0.2, -0.15) is 0 Å². The van der Waals surface area contributed by atoms with Crippen LogP contribution in [0.3, 0.4) is 0 Å². The predicted octanol–water partition coefficient (Wildman–Crippen LogP) is 5.43. The first kappa shape index (κ1) is 17.0. The van der Waals surface area contributed by atoms with E-state index in [1.807, 2.05) is 0 Å². The normalized spacial score (nSPS) is 10.8. The average molecular weight is 373 g/mol. The SMILES string of the molecule is [CH3][Ge][CH2]c1cccc(Cc2cccc(Cc3cccc(C)c3)c2)c1. The summed E-state index contributed by atoms with van der Waals surface area (Å²) < 4.78 is 0. The molecular formula is C23H24Ge. The molecule has 0 unspecified atom stereocenters. The molecule has 3 aromatic carbocycles. The molecule has 0 aliphatic rings. The molecule has 0 saturated carbocycles. The van der Waals surface area contributed by atoms with Crippen LogP contribution in [0, 0.1) is 6.92 Å². The van der Waals surface area contributed by atoms with Gasteiger partial charge in [0.2, 0.25) is 0 Å². The molecule has 0 bridgehead atoms. The van der Waals surface area contributed by atoms with Crippen LogP contribution in [0.4, 0.5) is 0 Å². The summed E-state index contributed by atoms with van der Waals surface area (Å²) in [7, 11) is 0. The Morgan fingerprint density at radius 2 is 1.08 bits per heavy atom. The second kappa shape index (κ2) is 8.35. The Morgan fingerprint density at radius 3 is 1.62 bits per heavy atom. The molecule has 0 aliphatic carbocycles. The van der Waals surface area contributed by atoms with E-state index in [4.69, 9.17) is 0 Å². The van der Waals surface area contributed by atoms with E-state index in [-0.39, 0.29) is 15.4 Å². The molecule has 0 saturated heterocycles. The molecule has 3 rings (SSSR count). The molecule has 3 aromatic rings. The summed E-state index contributed by atoms with van der Waals surface area (Å²) in [5, 5.41) is 1.29. The van der Waals surface area contributed by atoms with Crippen molar-refractivity contribution in [1.29, 1.82) is 0 Å². The number of benzene rings is 3. The summed E-state index contributed by atoms with van der Waals surface area (Å²) in [5.74, 6) is 2.36. The molecule has 0 amide bonds. The van der Waals surface area contributed by atoms with E-state index in [1.54, 1.807) is 0 Å². The standard InChI is InChI=1S/C23H24Ge/c1-18-6-3-7-19(12-18)13-20-8-4-9-21(14-20)15-22-10-5-11-23(16-22)17-24-2/h3-12,14,16H,13,15,17H2,1-2H3. The van der Waals surface area contributed by atoms with Crippen molar-refractivity contribution in [3.8, 4) is 0 Å². The molecular weight excluding hydrogens is 349 g/mol. The zero-order valence-electron chi connectivity index (χ0n) is 14.5. The third-order valence-electron chi connectivity index (χ3n) is 4.26. The zero-order valence-corrected chi connectivity index (χ0v) is 16.6. The van der Waals surface area contributed by atoms with E-state index < -0.39 is 0 Å². The summed E-state index contributed by atoms with van der Waals surface area (Å²) in [5.41, 5.74) is 8.46. The van der Waals surface area contributed by atoms with Gasteiger partial charge in [0.15, 0.2) is 0 Å². The first-order valence-electron chi connectivity index (χ1n) is 8.59. The van der Waals surface area contributed by atoms with E-state index >= 15 is 0 Å². The van der Waals surface area contributed by atoms with E-state index in [2.05, 4.69) is 85.5 Å². The molecule has 0 nitrogen and oxygen atoms in total. The Hall–Kier alpha value is -1.80. The predicted molar refractivity (Wildman–Crippen MR) is 105 cm³/mol. The van der Waals surface area contributed by atoms with Crippen molar-refractivity contribution in [2.24, 2.45) is 0 Å². The van der Waals surface area contributed by atoms with Crippen molar-refractivity contribution in [3.05, 3.63) is 106 Å². The van der Waals surface area contributed by atoms with Crippen LogP contribution in [0.1, 0.15) is 33.4 Å². The fourth-order valence-electron chi connectivity index (χ4n) is 3.20. The molecule has 0 spiro atoms. The van der Waals surface area contributed by atoms with E-state index in [1.165, 1.54) is 38.6 Å². The molecule has 0 atom stereocenters. The van der Waals surface area contributed by atoms with E-state index in [9.17, 15) is 0 Å². The van der Waals surface area contributed by atoms with Crippen molar-refractivity contribution in [2.45, 2.75) is 30.8 Å². The van der Waals surface area contributed by atoms with Gasteiger partial charge in [0.25, 0.3) is 0 Å². The number of aryl methyl sites for hydroxylation is 1. The second-order valence-corrected chi connectivity index (χ2v) is 8.74. The molecule has 1 heteroatoms. The van der Waals surface area contributed by atoms with Gasteiger partial charge in [0.05, 0.1) is 0 Å². The minimum atomic E-state index is 0.198. The quantitative estimate of drug-likeness (QED) is 0.506. The van der Waals surface area contributed by atoms with E-state index in [0.29, 0.717) is 0 Å². The van der Waals surface area contributed by atoms with Gasteiger partial charge < -0.3 is 0 Å². The van der Waals surface area contributed by atoms with Crippen LogP contribution in [0.5, 0.6) is 0 Å². The van der Waals surface area contributed by atoms with Crippen LogP contribution < -0.4 is 0 Å². The topological polar surface area (TPSA) is 0 Å². The number of rotatable bonds is 6.